The number of esters is 1. The molecular formula is C19H26O7. The third kappa shape index (κ3) is 5.04. The van der Waals surface area contributed by atoms with Gasteiger partial charge in [-0.05, 0) is 31.6 Å². The van der Waals surface area contributed by atoms with Crippen LogP contribution in [-0.2, 0) is 33.2 Å². The normalized spacial score (nSPS) is 36.8. The molecule has 5 aliphatic heterocycles. The molecule has 0 amide bonds. The van der Waals surface area contributed by atoms with Crippen molar-refractivity contribution < 1.29 is 33.2 Å². The Balaban J connectivity index is 1.38. The van der Waals surface area contributed by atoms with E-state index in [1.54, 1.807) is 0 Å². The Morgan fingerprint density at radius 3 is 1.65 bits per heavy atom. The van der Waals surface area contributed by atoms with E-state index in [9.17, 15) is 4.79 Å². The first-order valence-corrected chi connectivity index (χ1v) is 9.71. The number of carbonyl (C=O) groups is 1. The van der Waals surface area contributed by atoms with E-state index in [1.807, 2.05) is 0 Å². The van der Waals surface area contributed by atoms with Crippen LogP contribution in [0.3, 0.4) is 0 Å². The molecule has 5 fully saturated rings. The summed E-state index contributed by atoms with van der Waals surface area (Å²) in [6.07, 6.45) is 4.32. The molecule has 0 aromatic carbocycles. The maximum Gasteiger partial charge on any atom is 0.334 e. The fourth-order valence-corrected chi connectivity index (χ4v) is 3.61. The van der Waals surface area contributed by atoms with Gasteiger partial charge in [-0.15, -0.1) is 0 Å². The first-order chi connectivity index (χ1) is 12.7. The lowest BCUT2D eigenvalue weighted by Crippen LogP contribution is -2.23. The summed E-state index contributed by atoms with van der Waals surface area (Å²) in [6.45, 7) is 4.13. The standard InChI is InChI=1S/C19H26O7/c20-19(26-10-17-9-25-17)18(11(1-13-5-21-13)2-14-6-22-14)12(3-15-7-23-15)4-16-8-24-16/h11,13-17H,1-10H2. The van der Waals surface area contributed by atoms with E-state index in [4.69, 9.17) is 28.4 Å². The second-order valence-corrected chi connectivity index (χ2v) is 7.97. The maximum absolute atomic E-state index is 13.1. The predicted octanol–water partition coefficient (Wildman–Crippen LogP) is 0.997. The van der Waals surface area contributed by atoms with Gasteiger partial charge in [0.25, 0.3) is 0 Å². The van der Waals surface area contributed by atoms with E-state index in [2.05, 4.69) is 0 Å². The lowest BCUT2D eigenvalue weighted by Gasteiger charge is -2.22. The quantitative estimate of drug-likeness (QED) is 0.289. The van der Waals surface area contributed by atoms with Crippen molar-refractivity contribution in [1.82, 2.24) is 0 Å². The van der Waals surface area contributed by atoms with Crippen molar-refractivity contribution in [2.75, 3.05) is 39.6 Å². The van der Waals surface area contributed by atoms with Crippen molar-refractivity contribution in [3.05, 3.63) is 11.1 Å². The molecule has 7 heteroatoms. The van der Waals surface area contributed by atoms with Gasteiger partial charge in [-0.3, -0.25) is 0 Å². The zero-order valence-electron chi connectivity index (χ0n) is 14.9. The van der Waals surface area contributed by atoms with Crippen LogP contribution < -0.4 is 0 Å². The highest BCUT2D eigenvalue weighted by molar-refractivity contribution is 5.90. The molecule has 5 atom stereocenters. The molecule has 0 aromatic rings. The zero-order chi connectivity index (χ0) is 17.5. The summed E-state index contributed by atoms with van der Waals surface area (Å²) in [4.78, 5) is 13.1. The monoisotopic (exact) mass is 366 g/mol. The van der Waals surface area contributed by atoms with Gasteiger partial charge in [-0.2, -0.15) is 0 Å². The molecule has 26 heavy (non-hydrogen) atoms. The van der Waals surface area contributed by atoms with E-state index >= 15 is 0 Å². The minimum absolute atomic E-state index is 0.0687. The van der Waals surface area contributed by atoms with Gasteiger partial charge in [0.2, 0.25) is 0 Å². The summed E-state index contributed by atoms with van der Waals surface area (Å²) >= 11 is 0. The Bertz CT molecular complexity index is 538. The number of carbonyl (C=O) groups excluding carboxylic acids is 1. The highest BCUT2D eigenvalue weighted by Crippen LogP contribution is 2.38. The minimum atomic E-state index is -0.205. The second kappa shape index (κ2) is 7.20. The predicted molar refractivity (Wildman–Crippen MR) is 88.6 cm³/mol. The van der Waals surface area contributed by atoms with E-state index in [-0.39, 0.29) is 42.4 Å². The molecule has 144 valence electrons. The van der Waals surface area contributed by atoms with E-state index in [1.165, 1.54) is 0 Å². The summed E-state index contributed by atoms with van der Waals surface area (Å²) in [5.74, 6) is -0.0989. The first-order valence-electron chi connectivity index (χ1n) is 9.71. The second-order valence-electron chi connectivity index (χ2n) is 7.97. The number of epoxide rings is 5. The van der Waals surface area contributed by atoms with Crippen LogP contribution in [-0.4, -0.2) is 76.1 Å². The van der Waals surface area contributed by atoms with Crippen LogP contribution in [0.1, 0.15) is 25.7 Å². The molecule has 0 aromatic heterocycles. The molecule has 0 spiro atoms. The molecule has 0 saturated carbocycles. The topological polar surface area (TPSA) is 89.0 Å². The molecule has 0 N–H and O–H groups in total. The molecule has 0 aliphatic carbocycles. The van der Waals surface area contributed by atoms with Gasteiger partial charge in [-0.1, -0.05) is 5.57 Å². The number of hydrogen-bond donors (Lipinski definition) is 0. The zero-order valence-corrected chi connectivity index (χ0v) is 14.9. The van der Waals surface area contributed by atoms with Gasteiger partial charge in [0.05, 0.1) is 57.5 Å². The van der Waals surface area contributed by atoms with Crippen LogP contribution in [0, 0.1) is 5.92 Å². The van der Waals surface area contributed by atoms with Crippen LogP contribution in [0.4, 0.5) is 0 Å². The van der Waals surface area contributed by atoms with Crippen LogP contribution >= 0.6 is 0 Å². The van der Waals surface area contributed by atoms with Gasteiger partial charge in [0, 0.05) is 5.57 Å². The van der Waals surface area contributed by atoms with Gasteiger partial charge in [-0.25, -0.2) is 4.79 Å². The third-order valence-corrected chi connectivity index (χ3v) is 5.46. The van der Waals surface area contributed by atoms with Gasteiger partial charge >= 0.3 is 5.97 Å². The van der Waals surface area contributed by atoms with Crippen molar-refractivity contribution in [2.24, 2.45) is 5.92 Å². The third-order valence-electron chi connectivity index (χ3n) is 5.46. The average molecular weight is 366 g/mol. The number of hydrogen-bond acceptors (Lipinski definition) is 7. The first kappa shape index (κ1) is 17.1. The Labute approximate surface area is 152 Å². The lowest BCUT2D eigenvalue weighted by atomic mass is 9.84. The van der Waals surface area contributed by atoms with Crippen molar-refractivity contribution in [3.8, 4) is 0 Å². The highest BCUT2D eigenvalue weighted by atomic mass is 16.6. The fraction of sp³-hybridized carbons (Fsp3) is 0.842. The van der Waals surface area contributed by atoms with Crippen molar-refractivity contribution in [1.29, 1.82) is 0 Å². The molecule has 5 heterocycles. The minimum Gasteiger partial charge on any atom is -0.459 e. The molecule has 0 radical (unpaired) electrons. The van der Waals surface area contributed by atoms with Gasteiger partial charge in [0.15, 0.2) is 0 Å². The Morgan fingerprint density at radius 1 is 0.769 bits per heavy atom. The highest BCUT2D eigenvalue weighted by Gasteiger charge is 2.40. The van der Waals surface area contributed by atoms with Crippen LogP contribution in [0.2, 0.25) is 0 Å². The molecule has 5 saturated heterocycles. The largest absolute Gasteiger partial charge is 0.459 e. The van der Waals surface area contributed by atoms with E-state index in [0.29, 0.717) is 13.2 Å². The molecule has 5 rings (SSSR count). The van der Waals surface area contributed by atoms with Gasteiger partial charge < -0.3 is 28.4 Å². The van der Waals surface area contributed by atoms with E-state index < -0.39 is 0 Å². The van der Waals surface area contributed by atoms with Gasteiger partial charge in [0.1, 0.15) is 12.7 Å². The molecular weight excluding hydrogens is 340 g/mol. The smallest absolute Gasteiger partial charge is 0.334 e. The van der Waals surface area contributed by atoms with Crippen LogP contribution in [0.25, 0.3) is 0 Å². The molecule has 5 aliphatic rings. The Morgan fingerprint density at radius 2 is 1.23 bits per heavy atom. The molecule has 5 unspecified atom stereocenters. The Hall–Kier alpha value is -0.990. The molecule has 0 bridgehead atoms. The number of ether oxygens (including phenoxy) is 6. The summed E-state index contributed by atoms with van der Waals surface area (Å²) in [5.41, 5.74) is 1.96. The fourth-order valence-electron chi connectivity index (χ4n) is 3.61. The summed E-state index contributed by atoms with van der Waals surface area (Å²) in [7, 11) is 0. The number of rotatable bonds is 12. The van der Waals surface area contributed by atoms with Crippen molar-refractivity contribution >= 4 is 5.97 Å². The summed E-state index contributed by atoms with van der Waals surface area (Å²) in [5, 5.41) is 0. The average Bonchev–Trinajstić information content (AvgIpc) is 3.40. The van der Waals surface area contributed by atoms with E-state index in [0.717, 1.165) is 63.3 Å². The SMILES string of the molecule is O=C(OCC1CO1)C(=C(CC1CO1)CC1CO1)C(CC1CO1)CC1CO1. The van der Waals surface area contributed by atoms with Crippen LogP contribution in [0.15, 0.2) is 11.1 Å². The summed E-state index contributed by atoms with van der Waals surface area (Å²) < 4.78 is 32.6. The Kier molecular flexibility index (Phi) is 4.75. The maximum atomic E-state index is 13.1. The lowest BCUT2D eigenvalue weighted by molar-refractivity contribution is -0.140. The van der Waals surface area contributed by atoms with Crippen molar-refractivity contribution in [3.63, 3.8) is 0 Å². The van der Waals surface area contributed by atoms with Crippen LogP contribution in [0.5, 0.6) is 0 Å². The summed E-state index contributed by atoms with van der Waals surface area (Å²) in [6, 6.07) is 0. The van der Waals surface area contributed by atoms with Crippen molar-refractivity contribution in [2.45, 2.75) is 56.2 Å². The molecule has 7 nitrogen and oxygen atoms in total.